The lowest BCUT2D eigenvalue weighted by atomic mass is 9.78. The summed E-state index contributed by atoms with van der Waals surface area (Å²) >= 11 is 0. The minimum atomic E-state index is 0.316. The molecule has 2 aromatic rings. The molecule has 1 aliphatic carbocycles. The van der Waals surface area contributed by atoms with Crippen LogP contribution in [-0.4, -0.2) is 13.7 Å². The van der Waals surface area contributed by atoms with E-state index in [0.29, 0.717) is 12.5 Å². The molecule has 2 aromatic carbocycles. The van der Waals surface area contributed by atoms with Crippen LogP contribution in [0.15, 0.2) is 42.5 Å². The zero-order chi connectivity index (χ0) is 12.5. The van der Waals surface area contributed by atoms with Gasteiger partial charge in [0.1, 0.15) is 5.75 Å². The molecule has 2 heteroatoms. The number of hydrogen-bond donors (Lipinski definition) is 1. The van der Waals surface area contributed by atoms with Crippen LogP contribution >= 0.6 is 0 Å². The first kappa shape index (κ1) is 11.3. The van der Waals surface area contributed by atoms with Crippen LogP contribution in [-0.2, 0) is 6.42 Å². The third-order valence-electron chi connectivity index (χ3n) is 3.77. The molecule has 0 aliphatic heterocycles. The summed E-state index contributed by atoms with van der Waals surface area (Å²) < 4.78 is 5.31. The summed E-state index contributed by atoms with van der Waals surface area (Å²) in [6, 6.07) is 14.9. The fourth-order valence-corrected chi connectivity index (χ4v) is 2.86. The van der Waals surface area contributed by atoms with Crippen LogP contribution in [0, 0.1) is 0 Å². The second-order valence-corrected chi connectivity index (χ2v) is 4.73. The Morgan fingerprint density at radius 3 is 2.67 bits per heavy atom. The van der Waals surface area contributed by atoms with Gasteiger partial charge in [-0.2, -0.15) is 0 Å². The quantitative estimate of drug-likeness (QED) is 0.874. The highest BCUT2D eigenvalue weighted by atomic mass is 16.5. The molecule has 92 valence electrons. The number of rotatable bonds is 2. The Balaban J connectivity index is 2.14. The van der Waals surface area contributed by atoms with Gasteiger partial charge in [-0.15, -0.1) is 0 Å². The molecule has 2 nitrogen and oxygen atoms in total. The molecular formula is C16H17NO. The highest BCUT2D eigenvalue weighted by molar-refractivity contribution is 5.51. The topological polar surface area (TPSA) is 35.2 Å². The average Bonchev–Trinajstić information content (AvgIpc) is 2.44. The molecule has 1 atom stereocenters. The minimum Gasteiger partial charge on any atom is -0.497 e. The summed E-state index contributed by atoms with van der Waals surface area (Å²) in [6.07, 6.45) is 0.971. The van der Waals surface area contributed by atoms with Gasteiger partial charge in [-0.3, -0.25) is 0 Å². The molecule has 2 N–H and O–H groups in total. The van der Waals surface area contributed by atoms with E-state index in [-0.39, 0.29) is 0 Å². The van der Waals surface area contributed by atoms with Gasteiger partial charge in [-0.05, 0) is 40.8 Å². The van der Waals surface area contributed by atoms with Crippen molar-refractivity contribution in [3.63, 3.8) is 0 Å². The molecule has 0 heterocycles. The Bertz CT molecular complexity index is 577. The van der Waals surface area contributed by atoms with Gasteiger partial charge < -0.3 is 10.5 Å². The van der Waals surface area contributed by atoms with Crippen molar-refractivity contribution in [2.75, 3.05) is 13.7 Å². The number of methoxy groups -OCH3 is 1. The van der Waals surface area contributed by atoms with Crippen LogP contribution in [0.1, 0.15) is 28.2 Å². The van der Waals surface area contributed by atoms with E-state index in [1.807, 2.05) is 6.07 Å². The molecule has 0 unspecified atom stereocenters. The smallest absolute Gasteiger partial charge is 0.119 e. The lowest BCUT2D eigenvalue weighted by molar-refractivity contribution is 0.414. The van der Waals surface area contributed by atoms with E-state index in [9.17, 15) is 0 Å². The molecule has 0 bridgehead atoms. The molecular weight excluding hydrogens is 222 g/mol. The van der Waals surface area contributed by atoms with Crippen LogP contribution in [0.3, 0.4) is 0 Å². The second kappa shape index (κ2) is 4.46. The van der Waals surface area contributed by atoms with Gasteiger partial charge in [-0.25, -0.2) is 0 Å². The Hall–Kier alpha value is -1.80. The summed E-state index contributed by atoms with van der Waals surface area (Å²) in [5.74, 6) is 1.24. The van der Waals surface area contributed by atoms with Gasteiger partial charge in [0, 0.05) is 12.5 Å². The van der Waals surface area contributed by atoms with Gasteiger partial charge >= 0.3 is 0 Å². The highest BCUT2D eigenvalue weighted by Gasteiger charge is 2.24. The molecule has 3 rings (SSSR count). The molecule has 1 aliphatic rings. The minimum absolute atomic E-state index is 0.316. The van der Waals surface area contributed by atoms with E-state index in [0.717, 1.165) is 12.2 Å². The van der Waals surface area contributed by atoms with E-state index >= 15 is 0 Å². The molecule has 0 amide bonds. The summed E-state index contributed by atoms with van der Waals surface area (Å²) in [7, 11) is 1.71. The summed E-state index contributed by atoms with van der Waals surface area (Å²) in [4.78, 5) is 0. The highest BCUT2D eigenvalue weighted by Crippen LogP contribution is 2.37. The molecule has 0 fully saturated rings. The SMILES string of the molecule is COc1ccc2c(c1)Cc1ccccc1[C@H]2CN. The van der Waals surface area contributed by atoms with E-state index in [2.05, 4.69) is 36.4 Å². The van der Waals surface area contributed by atoms with E-state index in [1.54, 1.807) is 7.11 Å². The van der Waals surface area contributed by atoms with Crippen LogP contribution < -0.4 is 10.5 Å². The third kappa shape index (κ3) is 1.70. The van der Waals surface area contributed by atoms with Crippen LogP contribution in [0.25, 0.3) is 0 Å². The van der Waals surface area contributed by atoms with Gasteiger partial charge in [-0.1, -0.05) is 30.3 Å². The van der Waals surface area contributed by atoms with E-state index in [1.165, 1.54) is 22.3 Å². The summed E-state index contributed by atoms with van der Waals surface area (Å²) in [5.41, 5.74) is 11.4. The number of fused-ring (bicyclic) bond motifs is 2. The lowest BCUT2D eigenvalue weighted by Crippen LogP contribution is -2.20. The predicted molar refractivity (Wildman–Crippen MR) is 73.1 cm³/mol. The maximum atomic E-state index is 5.97. The van der Waals surface area contributed by atoms with Crippen molar-refractivity contribution in [3.8, 4) is 5.75 Å². The van der Waals surface area contributed by atoms with Crippen molar-refractivity contribution in [1.82, 2.24) is 0 Å². The first-order chi connectivity index (χ1) is 8.83. The molecule has 0 aromatic heterocycles. The fraction of sp³-hybridized carbons (Fsp3) is 0.250. The second-order valence-electron chi connectivity index (χ2n) is 4.73. The van der Waals surface area contributed by atoms with Gasteiger partial charge in [0.15, 0.2) is 0 Å². The Morgan fingerprint density at radius 1 is 1.11 bits per heavy atom. The first-order valence-corrected chi connectivity index (χ1v) is 6.28. The monoisotopic (exact) mass is 239 g/mol. The van der Waals surface area contributed by atoms with Crippen molar-refractivity contribution in [2.24, 2.45) is 5.73 Å². The number of nitrogens with two attached hydrogens (primary N) is 1. The molecule has 0 saturated heterocycles. The Morgan fingerprint density at radius 2 is 1.89 bits per heavy atom. The average molecular weight is 239 g/mol. The van der Waals surface area contributed by atoms with Crippen molar-refractivity contribution in [1.29, 1.82) is 0 Å². The number of ether oxygens (including phenoxy) is 1. The van der Waals surface area contributed by atoms with Gasteiger partial charge in [0.25, 0.3) is 0 Å². The standard InChI is InChI=1S/C16H17NO/c1-18-13-6-7-15-12(9-13)8-11-4-2-3-5-14(11)16(15)10-17/h2-7,9,16H,8,10,17H2,1H3/t16-/m1/s1. The van der Waals surface area contributed by atoms with Crippen molar-refractivity contribution >= 4 is 0 Å². The zero-order valence-corrected chi connectivity index (χ0v) is 10.5. The molecule has 0 saturated carbocycles. The van der Waals surface area contributed by atoms with E-state index < -0.39 is 0 Å². The van der Waals surface area contributed by atoms with Crippen LogP contribution in [0.5, 0.6) is 5.75 Å². The molecule has 0 radical (unpaired) electrons. The van der Waals surface area contributed by atoms with Gasteiger partial charge in [0.2, 0.25) is 0 Å². The maximum absolute atomic E-state index is 5.97. The summed E-state index contributed by atoms with van der Waals surface area (Å²) in [6.45, 7) is 0.649. The van der Waals surface area contributed by atoms with Crippen molar-refractivity contribution < 1.29 is 4.74 Å². The van der Waals surface area contributed by atoms with E-state index in [4.69, 9.17) is 10.5 Å². The van der Waals surface area contributed by atoms with Crippen LogP contribution in [0.4, 0.5) is 0 Å². The molecule has 0 spiro atoms. The van der Waals surface area contributed by atoms with Crippen LogP contribution in [0.2, 0.25) is 0 Å². The van der Waals surface area contributed by atoms with Crippen molar-refractivity contribution in [3.05, 3.63) is 64.7 Å². The predicted octanol–water partition coefficient (Wildman–Crippen LogP) is 2.69. The Labute approximate surface area is 107 Å². The number of benzene rings is 2. The van der Waals surface area contributed by atoms with Crippen molar-refractivity contribution in [2.45, 2.75) is 12.3 Å². The largest absolute Gasteiger partial charge is 0.497 e. The fourth-order valence-electron chi connectivity index (χ4n) is 2.86. The zero-order valence-electron chi connectivity index (χ0n) is 10.5. The van der Waals surface area contributed by atoms with Gasteiger partial charge in [0.05, 0.1) is 7.11 Å². The first-order valence-electron chi connectivity index (χ1n) is 6.28. The maximum Gasteiger partial charge on any atom is 0.119 e. The molecule has 18 heavy (non-hydrogen) atoms. The normalized spacial score (nSPS) is 16.9. The number of hydrogen-bond acceptors (Lipinski definition) is 2. The lowest BCUT2D eigenvalue weighted by Gasteiger charge is -2.27. The Kier molecular flexibility index (Phi) is 2.80. The summed E-state index contributed by atoms with van der Waals surface area (Å²) in [5, 5.41) is 0. The third-order valence-corrected chi connectivity index (χ3v) is 3.77.